The van der Waals surface area contributed by atoms with E-state index in [9.17, 15) is 14.4 Å². The second kappa shape index (κ2) is 7.96. The molecule has 2 N–H and O–H groups in total. The van der Waals surface area contributed by atoms with Crippen molar-refractivity contribution in [3.63, 3.8) is 0 Å². The summed E-state index contributed by atoms with van der Waals surface area (Å²) >= 11 is 3.41. The van der Waals surface area contributed by atoms with E-state index in [1.54, 1.807) is 12.1 Å². The lowest BCUT2D eigenvalue weighted by atomic mass is 10.1. The van der Waals surface area contributed by atoms with E-state index >= 15 is 0 Å². The summed E-state index contributed by atoms with van der Waals surface area (Å²) in [5, 5.41) is 4.05. The van der Waals surface area contributed by atoms with Crippen LogP contribution in [0.2, 0.25) is 0 Å². The van der Waals surface area contributed by atoms with Crippen molar-refractivity contribution in [1.82, 2.24) is 10.6 Å². The largest absolute Gasteiger partial charge is 0.493 e. The molecule has 1 fully saturated rings. The zero-order valence-corrected chi connectivity index (χ0v) is 14.9. The highest BCUT2D eigenvalue weighted by Gasteiger charge is 2.27. The molecule has 8 heteroatoms. The first kappa shape index (κ1) is 18.0. The van der Waals surface area contributed by atoms with E-state index in [1.165, 1.54) is 13.2 Å². The molecular formula is C16H17BrN2O5. The van der Waals surface area contributed by atoms with E-state index < -0.39 is 17.8 Å². The molecule has 1 aliphatic rings. The Kier molecular flexibility index (Phi) is 5.97. The summed E-state index contributed by atoms with van der Waals surface area (Å²) < 4.78 is 11.7. The first-order valence-electron chi connectivity index (χ1n) is 7.35. The summed E-state index contributed by atoms with van der Waals surface area (Å²) in [6, 6.07) is 2.52. The number of nitrogens with one attached hydrogen (secondary N) is 2. The minimum Gasteiger partial charge on any atom is -0.493 e. The molecule has 2 rings (SSSR count). The zero-order chi connectivity index (χ0) is 17.7. The highest BCUT2D eigenvalue weighted by atomic mass is 79.9. The van der Waals surface area contributed by atoms with Crippen molar-refractivity contribution in [1.29, 1.82) is 0 Å². The maximum atomic E-state index is 11.8. The molecule has 0 aromatic heterocycles. The predicted octanol–water partition coefficient (Wildman–Crippen LogP) is 2.39. The first-order valence-corrected chi connectivity index (χ1v) is 8.14. The fourth-order valence-electron chi connectivity index (χ4n) is 2.05. The Labute approximate surface area is 147 Å². The Hall–Kier alpha value is -2.35. The number of hydrogen-bond acceptors (Lipinski definition) is 5. The normalized spacial score (nSPS) is 14.1. The van der Waals surface area contributed by atoms with Gasteiger partial charge in [0, 0.05) is 0 Å². The van der Waals surface area contributed by atoms with Crippen molar-refractivity contribution in [3.8, 4) is 11.5 Å². The van der Waals surface area contributed by atoms with Crippen molar-refractivity contribution in [2.24, 2.45) is 0 Å². The Balaban J connectivity index is 2.33. The number of halogens is 1. The SMILES string of the molecule is CCCCOc1c(Br)cc(C=C2C(=O)NC(=O)NC2=O)cc1OC. The summed E-state index contributed by atoms with van der Waals surface area (Å²) in [5.74, 6) is -0.468. The van der Waals surface area contributed by atoms with Crippen LogP contribution in [0.25, 0.3) is 6.08 Å². The number of hydrogen-bond donors (Lipinski definition) is 2. The van der Waals surface area contributed by atoms with Gasteiger partial charge in [-0.2, -0.15) is 0 Å². The second-order valence-corrected chi connectivity index (χ2v) is 5.89. The standard InChI is InChI=1S/C16H17BrN2O5/c1-3-4-5-24-13-11(17)7-9(8-12(13)23-2)6-10-14(20)18-16(22)19-15(10)21/h6-8H,3-5H2,1-2H3,(H2,18,19,20,21,22). The second-order valence-electron chi connectivity index (χ2n) is 5.03. The minimum absolute atomic E-state index is 0.164. The summed E-state index contributed by atoms with van der Waals surface area (Å²) in [7, 11) is 1.50. The predicted molar refractivity (Wildman–Crippen MR) is 90.8 cm³/mol. The zero-order valence-electron chi connectivity index (χ0n) is 13.3. The van der Waals surface area contributed by atoms with Crippen molar-refractivity contribution in [3.05, 3.63) is 27.7 Å². The number of imide groups is 2. The molecule has 1 heterocycles. The topological polar surface area (TPSA) is 93.7 Å². The van der Waals surface area contributed by atoms with Crippen LogP contribution in [0.4, 0.5) is 4.79 Å². The Morgan fingerprint density at radius 3 is 2.42 bits per heavy atom. The minimum atomic E-state index is -0.833. The number of urea groups is 1. The third kappa shape index (κ3) is 4.14. The van der Waals surface area contributed by atoms with Crippen LogP contribution in [0.3, 0.4) is 0 Å². The molecule has 1 aromatic rings. The molecule has 0 atom stereocenters. The monoisotopic (exact) mass is 396 g/mol. The van der Waals surface area contributed by atoms with Gasteiger partial charge in [0.1, 0.15) is 5.57 Å². The quantitative estimate of drug-likeness (QED) is 0.437. The molecule has 0 aliphatic carbocycles. The number of rotatable bonds is 6. The van der Waals surface area contributed by atoms with Gasteiger partial charge in [0.05, 0.1) is 18.2 Å². The van der Waals surface area contributed by atoms with Crippen molar-refractivity contribution >= 4 is 39.9 Å². The van der Waals surface area contributed by atoms with Crippen LogP contribution in [0.15, 0.2) is 22.2 Å². The molecule has 0 bridgehead atoms. The number of carbonyl (C=O) groups excluding carboxylic acids is 3. The van der Waals surface area contributed by atoms with Gasteiger partial charge in [-0.25, -0.2) is 4.79 Å². The van der Waals surface area contributed by atoms with Crippen LogP contribution >= 0.6 is 15.9 Å². The summed E-state index contributed by atoms with van der Waals surface area (Å²) in [6.07, 6.45) is 3.29. The number of amides is 4. The van der Waals surface area contributed by atoms with Gasteiger partial charge in [-0.15, -0.1) is 0 Å². The van der Waals surface area contributed by atoms with E-state index in [0.29, 0.717) is 28.1 Å². The number of benzene rings is 1. The molecule has 1 saturated heterocycles. The lowest BCUT2D eigenvalue weighted by Crippen LogP contribution is -2.51. The third-order valence-corrected chi connectivity index (χ3v) is 3.84. The van der Waals surface area contributed by atoms with Gasteiger partial charge in [0.15, 0.2) is 11.5 Å². The van der Waals surface area contributed by atoms with Gasteiger partial charge >= 0.3 is 6.03 Å². The Morgan fingerprint density at radius 1 is 1.17 bits per heavy atom. The number of carbonyl (C=O) groups is 3. The van der Waals surface area contributed by atoms with Gasteiger partial charge < -0.3 is 9.47 Å². The van der Waals surface area contributed by atoms with Crippen LogP contribution in [-0.4, -0.2) is 31.6 Å². The van der Waals surface area contributed by atoms with Crippen LogP contribution in [0, 0.1) is 0 Å². The molecule has 0 spiro atoms. The van der Waals surface area contributed by atoms with Crippen LogP contribution in [0.5, 0.6) is 11.5 Å². The lowest BCUT2D eigenvalue weighted by molar-refractivity contribution is -0.123. The fraction of sp³-hybridized carbons (Fsp3) is 0.312. The van der Waals surface area contributed by atoms with Gasteiger partial charge in [-0.3, -0.25) is 20.2 Å². The molecule has 0 saturated carbocycles. The number of ether oxygens (including phenoxy) is 2. The van der Waals surface area contributed by atoms with E-state index in [1.807, 2.05) is 10.6 Å². The van der Waals surface area contributed by atoms with Gasteiger partial charge in [-0.05, 0) is 46.1 Å². The molecule has 1 aromatic carbocycles. The van der Waals surface area contributed by atoms with Crippen LogP contribution < -0.4 is 20.1 Å². The summed E-state index contributed by atoms with van der Waals surface area (Å²) in [5.41, 5.74) is 0.388. The molecule has 0 unspecified atom stereocenters. The molecule has 1 aliphatic heterocycles. The average molecular weight is 397 g/mol. The van der Waals surface area contributed by atoms with Crippen LogP contribution in [-0.2, 0) is 9.59 Å². The Morgan fingerprint density at radius 2 is 1.83 bits per heavy atom. The van der Waals surface area contributed by atoms with E-state index in [4.69, 9.17) is 9.47 Å². The molecule has 24 heavy (non-hydrogen) atoms. The lowest BCUT2D eigenvalue weighted by Gasteiger charge is -2.15. The van der Waals surface area contributed by atoms with Crippen molar-refractivity contribution in [2.75, 3.05) is 13.7 Å². The average Bonchev–Trinajstić information content (AvgIpc) is 2.52. The van der Waals surface area contributed by atoms with Gasteiger partial charge in [0.25, 0.3) is 11.8 Å². The van der Waals surface area contributed by atoms with Crippen molar-refractivity contribution in [2.45, 2.75) is 19.8 Å². The first-order chi connectivity index (χ1) is 11.5. The molecule has 0 radical (unpaired) electrons. The van der Waals surface area contributed by atoms with Crippen LogP contribution in [0.1, 0.15) is 25.3 Å². The highest BCUT2D eigenvalue weighted by molar-refractivity contribution is 9.10. The number of methoxy groups -OCH3 is 1. The van der Waals surface area contributed by atoms with E-state index in [-0.39, 0.29) is 5.57 Å². The number of unbranched alkanes of at least 4 members (excludes halogenated alkanes) is 1. The van der Waals surface area contributed by atoms with Gasteiger partial charge in [0.2, 0.25) is 0 Å². The van der Waals surface area contributed by atoms with E-state index in [2.05, 4.69) is 22.9 Å². The Bertz CT molecular complexity index is 693. The smallest absolute Gasteiger partial charge is 0.328 e. The molecule has 4 amide bonds. The number of barbiturate groups is 1. The maximum Gasteiger partial charge on any atom is 0.328 e. The maximum absolute atomic E-state index is 11.8. The molecular weight excluding hydrogens is 380 g/mol. The third-order valence-electron chi connectivity index (χ3n) is 3.25. The van der Waals surface area contributed by atoms with E-state index in [0.717, 1.165) is 12.8 Å². The fourth-order valence-corrected chi connectivity index (χ4v) is 2.63. The molecule has 7 nitrogen and oxygen atoms in total. The highest BCUT2D eigenvalue weighted by Crippen LogP contribution is 2.37. The van der Waals surface area contributed by atoms with Crippen molar-refractivity contribution < 1.29 is 23.9 Å². The van der Waals surface area contributed by atoms with Gasteiger partial charge in [-0.1, -0.05) is 13.3 Å². The molecule has 128 valence electrons. The summed E-state index contributed by atoms with van der Waals surface area (Å²) in [6.45, 7) is 2.62. The summed E-state index contributed by atoms with van der Waals surface area (Å²) in [4.78, 5) is 34.6.